The molecule has 0 N–H and O–H groups in total. The Morgan fingerprint density at radius 2 is 1.80 bits per heavy atom. The maximum atomic E-state index is 13.2. The molecule has 0 radical (unpaired) electrons. The summed E-state index contributed by atoms with van der Waals surface area (Å²) in [6.07, 6.45) is 19.0. The van der Waals surface area contributed by atoms with Crippen molar-refractivity contribution < 1.29 is 38.1 Å². The molecule has 2 aliphatic rings. The summed E-state index contributed by atoms with van der Waals surface area (Å²) in [6.45, 7) is 4.01. The van der Waals surface area contributed by atoms with E-state index in [-0.39, 0.29) is 56.4 Å². The molecule has 40 heavy (non-hydrogen) atoms. The number of allylic oxidation sites excluding steroid dienone is 2. The van der Waals surface area contributed by atoms with E-state index in [9.17, 15) is 19.2 Å². The van der Waals surface area contributed by atoms with Crippen molar-refractivity contribution in [2.45, 2.75) is 110 Å². The molecule has 0 heterocycles. The van der Waals surface area contributed by atoms with Gasteiger partial charge in [-0.2, -0.15) is 0 Å². The third kappa shape index (κ3) is 10.8. The molecule has 0 aromatic heterocycles. The monoisotopic (exact) mass is 562 g/mol. The zero-order valence-electron chi connectivity index (χ0n) is 24.8. The molecule has 8 nitrogen and oxygen atoms in total. The molecule has 0 aromatic rings. The van der Waals surface area contributed by atoms with Crippen molar-refractivity contribution >= 4 is 23.7 Å². The summed E-state index contributed by atoms with van der Waals surface area (Å²) >= 11 is 0. The molecule has 3 atom stereocenters. The van der Waals surface area contributed by atoms with Crippen LogP contribution in [0.25, 0.3) is 0 Å². The van der Waals surface area contributed by atoms with Gasteiger partial charge in [0.1, 0.15) is 18.1 Å². The largest absolute Gasteiger partial charge is 0.467 e. The Balaban J connectivity index is 2.08. The van der Waals surface area contributed by atoms with Crippen molar-refractivity contribution in [2.75, 3.05) is 26.9 Å². The van der Waals surface area contributed by atoms with E-state index in [0.717, 1.165) is 38.0 Å². The smallest absolute Gasteiger partial charge is 0.331 e. The van der Waals surface area contributed by atoms with Crippen LogP contribution >= 0.6 is 0 Å². The summed E-state index contributed by atoms with van der Waals surface area (Å²) in [5, 5.41) is 0. The van der Waals surface area contributed by atoms with Gasteiger partial charge in [0, 0.05) is 18.8 Å². The summed E-state index contributed by atoms with van der Waals surface area (Å²) in [4.78, 5) is 50.3. The minimum Gasteiger partial charge on any atom is -0.467 e. The molecule has 0 aromatic carbocycles. The van der Waals surface area contributed by atoms with E-state index in [2.05, 4.69) is 11.7 Å². The van der Waals surface area contributed by atoms with Gasteiger partial charge in [0.15, 0.2) is 5.78 Å². The standard InChI is InChI=1S/C32H50O8/c1-4-6-7-16-27(40-29(34)17-12-15-25-13-8-9-14-25)20-18-26-19-21-28(33)32(26,31(36)39-5-2)22-10-11-23-38-24-30(35)37-3/h10-11,18,20,25-27H,4-9,12-17,19,21-24H2,1-3H3/b11-10+,20-18?/t26-,27?,32+/m0/s1. The van der Waals surface area contributed by atoms with Gasteiger partial charge in [-0.25, -0.2) is 4.79 Å². The minimum absolute atomic E-state index is 0.146. The van der Waals surface area contributed by atoms with Crippen molar-refractivity contribution in [3.05, 3.63) is 24.3 Å². The average Bonchev–Trinajstić information content (AvgIpc) is 3.57. The fourth-order valence-electron chi connectivity index (χ4n) is 5.81. The van der Waals surface area contributed by atoms with Crippen LogP contribution in [0.15, 0.2) is 24.3 Å². The first-order valence-corrected chi connectivity index (χ1v) is 15.2. The lowest BCUT2D eigenvalue weighted by Crippen LogP contribution is -2.41. The molecule has 0 aliphatic heterocycles. The van der Waals surface area contributed by atoms with Gasteiger partial charge in [-0.05, 0) is 57.4 Å². The summed E-state index contributed by atoms with van der Waals surface area (Å²) in [5.41, 5.74) is -1.33. The van der Waals surface area contributed by atoms with Crippen molar-refractivity contribution in [1.82, 2.24) is 0 Å². The van der Waals surface area contributed by atoms with Crippen LogP contribution in [0.1, 0.15) is 104 Å². The number of rotatable bonds is 19. The molecule has 226 valence electrons. The van der Waals surface area contributed by atoms with Crippen molar-refractivity contribution in [3.8, 4) is 0 Å². The van der Waals surface area contributed by atoms with E-state index in [1.165, 1.54) is 32.8 Å². The third-order valence-corrected chi connectivity index (χ3v) is 8.12. The first-order valence-electron chi connectivity index (χ1n) is 15.2. The molecule has 2 aliphatic carbocycles. The van der Waals surface area contributed by atoms with Crippen LogP contribution in [0.2, 0.25) is 0 Å². The van der Waals surface area contributed by atoms with E-state index >= 15 is 0 Å². The lowest BCUT2D eigenvalue weighted by molar-refractivity contribution is -0.160. The van der Waals surface area contributed by atoms with Gasteiger partial charge in [0.2, 0.25) is 0 Å². The van der Waals surface area contributed by atoms with Crippen LogP contribution in [0.4, 0.5) is 0 Å². The molecular weight excluding hydrogens is 512 g/mol. The SMILES string of the molecule is CCCCCC(C=C[C@H]1CCC(=O)[C@]1(C/C=C/COCC(=O)OC)C(=O)OCC)OC(=O)CCCC1CCCC1. The van der Waals surface area contributed by atoms with Crippen molar-refractivity contribution in [3.63, 3.8) is 0 Å². The fourth-order valence-corrected chi connectivity index (χ4v) is 5.81. The number of carbonyl (C=O) groups excluding carboxylic acids is 4. The van der Waals surface area contributed by atoms with Crippen LogP contribution in [0, 0.1) is 17.3 Å². The van der Waals surface area contributed by atoms with E-state index in [4.69, 9.17) is 14.2 Å². The predicted octanol–water partition coefficient (Wildman–Crippen LogP) is 6.06. The van der Waals surface area contributed by atoms with Gasteiger partial charge in [-0.1, -0.05) is 63.7 Å². The highest BCUT2D eigenvalue weighted by Crippen LogP contribution is 2.46. The molecule has 2 saturated carbocycles. The average molecular weight is 563 g/mol. The number of ketones is 1. The first-order chi connectivity index (χ1) is 19.4. The van der Waals surface area contributed by atoms with E-state index < -0.39 is 17.4 Å². The quantitative estimate of drug-likeness (QED) is 0.0615. The Labute approximate surface area is 240 Å². The Hall–Kier alpha value is -2.48. The zero-order chi connectivity index (χ0) is 29.2. The lowest BCUT2D eigenvalue weighted by atomic mass is 9.74. The number of ether oxygens (including phenoxy) is 4. The van der Waals surface area contributed by atoms with Gasteiger partial charge in [-0.3, -0.25) is 14.4 Å². The van der Waals surface area contributed by atoms with Crippen LogP contribution in [0.5, 0.6) is 0 Å². The second kappa shape index (κ2) is 18.8. The Kier molecular flexibility index (Phi) is 15.8. The van der Waals surface area contributed by atoms with Crippen molar-refractivity contribution in [1.29, 1.82) is 0 Å². The molecule has 2 fully saturated rings. The summed E-state index contributed by atoms with van der Waals surface area (Å²) in [5.74, 6) is -0.952. The Morgan fingerprint density at radius 3 is 2.50 bits per heavy atom. The molecule has 0 amide bonds. The Morgan fingerprint density at radius 1 is 1.02 bits per heavy atom. The Bertz CT molecular complexity index is 857. The van der Waals surface area contributed by atoms with Crippen LogP contribution in [-0.4, -0.2) is 56.7 Å². The molecule has 2 rings (SSSR count). The summed E-state index contributed by atoms with van der Waals surface area (Å²) in [6, 6.07) is 0. The second-order valence-electron chi connectivity index (χ2n) is 11.0. The molecule has 0 spiro atoms. The second-order valence-corrected chi connectivity index (χ2v) is 11.0. The van der Waals surface area contributed by atoms with Gasteiger partial charge < -0.3 is 18.9 Å². The number of carbonyl (C=O) groups is 4. The number of unbranched alkanes of at least 4 members (excludes halogenated alkanes) is 2. The lowest BCUT2D eigenvalue weighted by Gasteiger charge is -2.29. The number of hydrogen-bond acceptors (Lipinski definition) is 8. The molecule has 1 unspecified atom stereocenters. The third-order valence-electron chi connectivity index (χ3n) is 8.12. The highest BCUT2D eigenvalue weighted by atomic mass is 16.6. The van der Waals surface area contributed by atoms with E-state index in [0.29, 0.717) is 19.3 Å². The fraction of sp³-hybridized carbons (Fsp3) is 0.750. The molecule has 8 heteroatoms. The zero-order valence-corrected chi connectivity index (χ0v) is 24.8. The van der Waals surface area contributed by atoms with Crippen molar-refractivity contribution in [2.24, 2.45) is 17.3 Å². The molecule has 0 saturated heterocycles. The first kappa shape index (κ1) is 33.7. The molecule has 0 bridgehead atoms. The number of Topliss-reactive ketones (excluding diaryl/α,β-unsaturated/α-hetero) is 1. The number of hydrogen-bond donors (Lipinski definition) is 0. The molecular formula is C32H50O8. The highest BCUT2D eigenvalue weighted by Gasteiger charge is 2.54. The van der Waals surface area contributed by atoms with Gasteiger partial charge >= 0.3 is 17.9 Å². The maximum Gasteiger partial charge on any atom is 0.331 e. The normalized spacial score (nSPS) is 22.3. The summed E-state index contributed by atoms with van der Waals surface area (Å²) < 4.78 is 21.1. The van der Waals surface area contributed by atoms with Gasteiger partial charge in [0.05, 0.1) is 20.3 Å². The maximum absolute atomic E-state index is 13.2. The van der Waals surface area contributed by atoms with Crippen LogP contribution < -0.4 is 0 Å². The van der Waals surface area contributed by atoms with Crippen LogP contribution in [-0.2, 0) is 38.1 Å². The van der Waals surface area contributed by atoms with Gasteiger partial charge in [0.25, 0.3) is 0 Å². The topological polar surface area (TPSA) is 105 Å². The van der Waals surface area contributed by atoms with E-state index in [1.54, 1.807) is 19.1 Å². The van der Waals surface area contributed by atoms with E-state index in [1.807, 2.05) is 12.2 Å². The highest BCUT2D eigenvalue weighted by molar-refractivity contribution is 6.06. The van der Waals surface area contributed by atoms with Gasteiger partial charge in [-0.15, -0.1) is 0 Å². The minimum atomic E-state index is -1.33. The predicted molar refractivity (Wildman–Crippen MR) is 152 cm³/mol. The number of esters is 3. The van der Waals surface area contributed by atoms with Crippen LogP contribution in [0.3, 0.4) is 0 Å². The number of methoxy groups -OCH3 is 1. The summed E-state index contributed by atoms with van der Waals surface area (Å²) in [7, 11) is 1.29.